The largest absolute Gasteiger partial charge is 0.497 e. The first kappa shape index (κ1) is 19.5. The minimum absolute atomic E-state index is 0.0121. The fraction of sp³-hybridized carbons (Fsp3) is 0.556. The van der Waals surface area contributed by atoms with Gasteiger partial charge in [-0.25, -0.2) is 8.42 Å². The molecule has 152 valence electrons. The van der Waals surface area contributed by atoms with Gasteiger partial charge in [0.15, 0.2) is 15.0 Å². The van der Waals surface area contributed by atoms with Crippen LogP contribution in [0.15, 0.2) is 23.2 Å². The van der Waals surface area contributed by atoms with E-state index < -0.39 is 15.9 Å². The Morgan fingerprint density at radius 2 is 2.11 bits per heavy atom. The van der Waals surface area contributed by atoms with Crippen LogP contribution in [0.2, 0.25) is 0 Å². The molecule has 0 radical (unpaired) electrons. The van der Waals surface area contributed by atoms with E-state index in [4.69, 9.17) is 14.2 Å². The van der Waals surface area contributed by atoms with Crippen LogP contribution in [0.5, 0.6) is 11.5 Å². The Morgan fingerprint density at radius 3 is 2.79 bits per heavy atom. The van der Waals surface area contributed by atoms with E-state index >= 15 is 0 Å². The van der Waals surface area contributed by atoms with Crippen LogP contribution in [-0.4, -0.2) is 69.2 Å². The molecule has 8 nitrogen and oxygen atoms in total. The van der Waals surface area contributed by atoms with Crippen molar-refractivity contribution in [3.05, 3.63) is 18.2 Å². The molecule has 0 unspecified atom stereocenters. The monoisotopic (exact) mass is 426 g/mol. The number of carbonyl (C=O) groups is 1. The van der Waals surface area contributed by atoms with E-state index in [1.54, 1.807) is 32.4 Å². The van der Waals surface area contributed by atoms with Crippen molar-refractivity contribution in [2.45, 2.75) is 30.2 Å². The number of amides is 1. The Balaban J connectivity index is 1.76. The van der Waals surface area contributed by atoms with Gasteiger partial charge in [0, 0.05) is 17.9 Å². The van der Waals surface area contributed by atoms with Gasteiger partial charge in [-0.2, -0.15) is 4.99 Å². The molecule has 0 bridgehead atoms. The highest BCUT2D eigenvalue weighted by Gasteiger charge is 2.50. The minimum atomic E-state index is -3.15. The molecule has 1 aromatic rings. The lowest BCUT2D eigenvalue weighted by atomic mass is 10.2. The average molecular weight is 427 g/mol. The molecule has 0 saturated carbocycles. The van der Waals surface area contributed by atoms with Crippen molar-refractivity contribution >= 4 is 38.4 Å². The van der Waals surface area contributed by atoms with Gasteiger partial charge in [0.25, 0.3) is 5.91 Å². The predicted octanol–water partition coefficient (Wildman–Crippen LogP) is 1.48. The number of ether oxygens (including phenoxy) is 3. The van der Waals surface area contributed by atoms with Crippen LogP contribution >= 0.6 is 11.8 Å². The normalized spacial score (nSPS) is 29.9. The van der Waals surface area contributed by atoms with Gasteiger partial charge in [-0.3, -0.25) is 4.79 Å². The quantitative estimate of drug-likeness (QED) is 0.715. The lowest BCUT2D eigenvalue weighted by Gasteiger charge is -2.26. The molecule has 3 heterocycles. The van der Waals surface area contributed by atoms with Gasteiger partial charge in [0.2, 0.25) is 0 Å². The molecule has 3 saturated heterocycles. The van der Waals surface area contributed by atoms with E-state index in [9.17, 15) is 13.2 Å². The molecule has 0 N–H and O–H groups in total. The van der Waals surface area contributed by atoms with E-state index in [0.717, 1.165) is 6.42 Å². The van der Waals surface area contributed by atoms with Crippen molar-refractivity contribution in [1.29, 1.82) is 0 Å². The summed E-state index contributed by atoms with van der Waals surface area (Å²) in [4.78, 5) is 18.7. The first-order chi connectivity index (χ1) is 13.4. The van der Waals surface area contributed by atoms with E-state index in [0.29, 0.717) is 35.4 Å². The molecule has 3 fully saturated rings. The van der Waals surface area contributed by atoms with Gasteiger partial charge in [-0.1, -0.05) is 11.8 Å². The van der Waals surface area contributed by atoms with Gasteiger partial charge in [0.1, 0.15) is 17.6 Å². The summed E-state index contributed by atoms with van der Waals surface area (Å²) in [6.07, 6.45) is 0.973. The Hall–Kier alpha value is -1.78. The van der Waals surface area contributed by atoms with Gasteiger partial charge in [0.05, 0.1) is 37.5 Å². The molecule has 0 aromatic heterocycles. The number of aliphatic imine (C=N–C) groups is 1. The van der Waals surface area contributed by atoms with Crippen LogP contribution < -0.4 is 14.4 Å². The fourth-order valence-electron chi connectivity index (χ4n) is 3.77. The third-order valence-electron chi connectivity index (χ3n) is 5.12. The number of anilines is 1. The number of nitrogens with zero attached hydrogens (tertiary/aromatic N) is 2. The smallest absolute Gasteiger partial charge is 0.277 e. The summed E-state index contributed by atoms with van der Waals surface area (Å²) in [6, 6.07) is 4.99. The molecule has 0 aliphatic carbocycles. The SMILES string of the molecule is COc1ccc(OC)c(N2C(=NC(=O)[C@@H]3CCCO3)S[C@H]3CS(=O)(=O)C[C@@H]32)c1. The molecule has 28 heavy (non-hydrogen) atoms. The third-order valence-corrected chi connectivity index (χ3v) is 8.33. The van der Waals surface area contributed by atoms with Gasteiger partial charge < -0.3 is 19.1 Å². The minimum Gasteiger partial charge on any atom is -0.497 e. The number of hydrogen-bond acceptors (Lipinski definition) is 7. The highest BCUT2D eigenvalue weighted by Crippen LogP contribution is 2.45. The van der Waals surface area contributed by atoms with Crippen LogP contribution in [0.4, 0.5) is 5.69 Å². The van der Waals surface area contributed by atoms with E-state index in [-0.39, 0.29) is 28.7 Å². The number of fused-ring (bicyclic) bond motifs is 1. The third kappa shape index (κ3) is 3.60. The molecule has 3 aliphatic rings. The molecule has 10 heteroatoms. The number of sulfone groups is 1. The van der Waals surface area contributed by atoms with E-state index in [1.807, 2.05) is 4.90 Å². The molecule has 1 amide bonds. The molecular weight excluding hydrogens is 404 g/mol. The summed E-state index contributed by atoms with van der Waals surface area (Å²) >= 11 is 1.33. The maximum absolute atomic E-state index is 12.6. The number of amidine groups is 1. The second-order valence-electron chi connectivity index (χ2n) is 6.94. The van der Waals surface area contributed by atoms with Crippen molar-refractivity contribution in [3.63, 3.8) is 0 Å². The van der Waals surface area contributed by atoms with Crippen LogP contribution in [0.3, 0.4) is 0 Å². The van der Waals surface area contributed by atoms with Crippen molar-refractivity contribution in [2.75, 3.05) is 37.2 Å². The van der Waals surface area contributed by atoms with Crippen LogP contribution in [-0.2, 0) is 19.4 Å². The van der Waals surface area contributed by atoms with Gasteiger partial charge in [-0.05, 0) is 25.0 Å². The standard InChI is InChI=1S/C18H22N2O6S2/c1-24-11-5-6-14(25-2)12(8-11)20-13-9-28(22,23)10-16(13)27-18(20)19-17(21)15-4-3-7-26-15/h5-6,8,13,15-16H,3-4,7,9-10H2,1-2H3/t13-,15-,16-/m0/s1. The van der Waals surface area contributed by atoms with Gasteiger partial charge >= 0.3 is 0 Å². The van der Waals surface area contributed by atoms with E-state index in [1.165, 1.54) is 11.8 Å². The zero-order chi connectivity index (χ0) is 19.9. The number of rotatable bonds is 4. The highest BCUT2D eigenvalue weighted by atomic mass is 32.2. The first-order valence-corrected chi connectivity index (χ1v) is 11.7. The summed E-state index contributed by atoms with van der Waals surface area (Å²) in [7, 11) is -0.0424. The Bertz CT molecular complexity index is 911. The summed E-state index contributed by atoms with van der Waals surface area (Å²) in [6.45, 7) is 0.561. The lowest BCUT2D eigenvalue weighted by molar-refractivity contribution is -0.126. The molecule has 3 aliphatic heterocycles. The lowest BCUT2D eigenvalue weighted by Crippen LogP contribution is -2.38. The Labute approximate surface area is 168 Å². The van der Waals surface area contributed by atoms with Crippen LogP contribution in [0.1, 0.15) is 12.8 Å². The topological polar surface area (TPSA) is 94.5 Å². The second-order valence-corrected chi connectivity index (χ2v) is 10.3. The molecule has 4 rings (SSSR count). The maximum atomic E-state index is 12.6. The summed E-state index contributed by atoms with van der Waals surface area (Å²) in [5, 5.41) is 0.300. The van der Waals surface area contributed by atoms with Crippen molar-refractivity contribution in [2.24, 2.45) is 4.99 Å². The number of carbonyl (C=O) groups excluding carboxylic acids is 1. The van der Waals surface area contributed by atoms with Crippen molar-refractivity contribution in [3.8, 4) is 11.5 Å². The van der Waals surface area contributed by atoms with Gasteiger partial charge in [-0.15, -0.1) is 0 Å². The van der Waals surface area contributed by atoms with Crippen molar-refractivity contribution < 1.29 is 27.4 Å². The second kappa shape index (κ2) is 7.57. The molecule has 0 spiro atoms. The average Bonchev–Trinajstić information content (AvgIpc) is 3.36. The number of thioether (sulfide) groups is 1. The summed E-state index contributed by atoms with van der Waals surface area (Å²) < 4.78 is 40.7. The number of benzene rings is 1. The molecular formula is C18H22N2O6S2. The summed E-state index contributed by atoms with van der Waals surface area (Å²) in [5.74, 6) is 0.921. The predicted molar refractivity (Wildman–Crippen MR) is 107 cm³/mol. The zero-order valence-corrected chi connectivity index (χ0v) is 17.3. The fourth-order valence-corrected chi connectivity index (χ4v) is 7.68. The van der Waals surface area contributed by atoms with E-state index in [2.05, 4.69) is 4.99 Å². The Kier molecular flexibility index (Phi) is 5.28. The highest BCUT2D eigenvalue weighted by molar-refractivity contribution is 8.16. The van der Waals surface area contributed by atoms with Crippen LogP contribution in [0.25, 0.3) is 0 Å². The Morgan fingerprint density at radius 1 is 1.29 bits per heavy atom. The first-order valence-electron chi connectivity index (χ1n) is 9.04. The maximum Gasteiger partial charge on any atom is 0.277 e. The molecule has 1 aromatic carbocycles. The van der Waals surface area contributed by atoms with Crippen LogP contribution in [0, 0.1) is 0 Å². The molecule has 3 atom stereocenters. The number of hydrogen-bond donors (Lipinski definition) is 0. The zero-order valence-electron chi connectivity index (χ0n) is 15.7. The summed E-state index contributed by atoms with van der Waals surface area (Å²) in [5.41, 5.74) is 0.637. The number of methoxy groups -OCH3 is 2. The van der Waals surface area contributed by atoms with Crippen molar-refractivity contribution in [1.82, 2.24) is 0 Å².